The van der Waals surface area contributed by atoms with Gasteiger partial charge in [0.1, 0.15) is 0 Å². The summed E-state index contributed by atoms with van der Waals surface area (Å²) in [6, 6.07) is 0.400. The Balaban J connectivity index is 2.29. The summed E-state index contributed by atoms with van der Waals surface area (Å²) in [6.07, 6.45) is 4.88. The molecule has 1 aliphatic heterocycles. The molecule has 1 aliphatic rings. The molecule has 11 heavy (non-hydrogen) atoms. The van der Waals surface area contributed by atoms with Crippen molar-refractivity contribution in [2.24, 2.45) is 0 Å². The van der Waals surface area contributed by atoms with Crippen LogP contribution in [0, 0.1) is 0 Å². The van der Waals surface area contributed by atoms with Crippen LogP contribution in [0.15, 0.2) is 11.6 Å². The van der Waals surface area contributed by atoms with Crippen molar-refractivity contribution in [2.45, 2.75) is 39.2 Å². The van der Waals surface area contributed by atoms with Crippen LogP contribution in [0.3, 0.4) is 0 Å². The van der Waals surface area contributed by atoms with Gasteiger partial charge in [-0.2, -0.15) is 0 Å². The van der Waals surface area contributed by atoms with Gasteiger partial charge in [-0.3, -0.25) is 4.79 Å². The van der Waals surface area contributed by atoms with Gasteiger partial charge >= 0.3 is 0 Å². The lowest BCUT2D eigenvalue weighted by molar-refractivity contribution is -0.119. The summed E-state index contributed by atoms with van der Waals surface area (Å²) in [6.45, 7) is 4.16. The fraction of sp³-hybridized carbons (Fsp3) is 0.667. The minimum Gasteiger partial charge on any atom is -0.353 e. The van der Waals surface area contributed by atoms with Crippen molar-refractivity contribution in [3.05, 3.63) is 11.6 Å². The first-order valence-corrected chi connectivity index (χ1v) is 4.11. The van der Waals surface area contributed by atoms with Crippen LogP contribution in [0.1, 0.15) is 33.1 Å². The molecule has 0 bridgehead atoms. The molecule has 2 heteroatoms. The average molecular weight is 153 g/mol. The highest BCUT2D eigenvalue weighted by Crippen LogP contribution is 2.11. The zero-order valence-electron chi connectivity index (χ0n) is 7.18. The summed E-state index contributed by atoms with van der Waals surface area (Å²) in [5, 5.41) is 2.93. The van der Waals surface area contributed by atoms with E-state index >= 15 is 0 Å². The summed E-state index contributed by atoms with van der Waals surface area (Å²) in [5.41, 5.74) is 1.33. The highest BCUT2D eigenvalue weighted by Gasteiger charge is 2.18. The third-order valence-electron chi connectivity index (χ3n) is 1.90. The van der Waals surface area contributed by atoms with Crippen LogP contribution >= 0.6 is 0 Å². The number of carbonyl (C=O) groups is 1. The average Bonchev–Trinajstić information content (AvgIpc) is 2.31. The van der Waals surface area contributed by atoms with E-state index in [4.69, 9.17) is 0 Å². The molecule has 0 unspecified atom stereocenters. The normalized spacial score (nSPS) is 23.1. The van der Waals surface area contributed by atoms with Crippen LogP contribution < -0.4 is 5.32 Å². The Kier molecular flexibility index (Phi) is 2.69. The smallest absolute Gasteiger partial charge is 0.220 e. The molecule has 1 fully saturated rings. The van der Waals surface area contributed by atoms with Gasteiger partial charge in [0.25, 0.3) is 0 Å². The first-order valence-electron chi connectivity index (χ1n) is 4.11. The van der Waals surface area contributed by atoms with E-state index in [1.54, 1.807) is 0 Å². The van der Waals surface area contributed by atoms with E-state index in [1.807, 2.05) is 0 Å². The van der Waals surface area contributed by atoms with Crippen molar-refractivity contribution in [1.82, 2.24) is 5.32 Å². The molecule has 1 amide bonds. The summed E-state index contributed by atoms with van der Waals surface area (Å²) in [7, 11) is 0. The Morgan fingerprint density at radius 3 is 2.91 bits per heavy atom. The molecule has 1 rings (SSSR count). The fourth-order valence-corrected chi connectivity index (χ4v) is 1.23. The van der Waals surface area contributed by atoms with Crippen LogP contribution in [0.5, 0.6) is 0 Å². The summed E-state index contributed by atoms with van der Waals surface area (Å²) < 4.78 is 0. The molecule has 0 saturated carbocycles. The van der Waals surface area contributed by atoms with E-state index in [2.05, 4.69) is 25.2 Å². The Labute approximate surface area is 67.7 Å². The van der Waals surface area contributed by atoms with E-state index in [9.17, 15) is 4.79 Å². The van der Waals surface area contributed by atoms with Crippen LogP contribution in [0.2, 0.25) is 0 Å². The minimum atomic E-state index is 0.206. The van der Waals surface area contributed by atoms with Crippen molar-refractivity contribution in [3.8, 4) is 0 Å². The summed E-state index contributed by atoms with van der Waals surface area (Å²) in [4.78, 5) is 10.8. The highest BCUT2D eigenvalue weighted by atomic mass is 16.1. The lowest BCUT2D eigenvalue weighted by Gasteiger charge is -2.05. The van der Waals surface area contributed by atoms with Crippen LogP contribution in [-0.4, -0.2) is 11.9 Å². The van der Waals surface area contributed by atoms with Gasteiger partial charge in [-0.15, -0.1) is 0 Å². The third kappa shape index (κ3) is 2.74. The zero-order chi connectivity index (χ0) is 8.27. The van der Waals surface area contributed by atoms with Crippen LogP contribution in [0.25, 0.3) is 0 Å². The van der Waals surface area contributed by atoms with E-state index in [0.717, 1.165) is 12.8 Å². The van der Waals surface area contributed by atoms with Gasteiger partial charge in [-0.1, -0.05) is 11.6 Å². The molecule has 1 heterocycles. The second-order valence-corrected chi connectivity index (χ2v) is 3.32. The van der Waals surface area contributed by atoms with Gasteiger partial charge in [0, 0.05) is 12.5 Å². The molecular formula is C9H15NO. The lowest BCUT2D eigenvalue weighted by Crippen LogP contribution is -2.24. The molecule has 1 saturated heterocycles. The number of carbonyl (C=O) groups excluding carboxylic acids is 1. The van der Waals surface area contributed by atoms with E-state index in [0.29, 0.717) is 12.5 Å². The summed E-state index contributed by atoms with van der Waals surface area (Å²) in [5.74, 6) is 0.206. The number of amides is 1. The maximum atomic E-state index is 10.8. The Bertz CT molecular complexity index is 180. The first-order chi connectivity index (χ1) is 5.18. The molecule has 1 N–H and O–H groups in total. The molecule has 1 atom stereocenters. The van der Waals surface area contributed by atoms with Crippen molar-refractivity contribution in [2.75, 3.05) is 0 Å². The quantitative estimate of drug-likeness (QED) is 0.600. The van der Waals surface area contributed by atoms with E-state index in [1.165, 1.54) is 5.57 Å². The maximum Gasteiger partial charge on any atom is 0.220 e. The molecule has 0 radical (unpaired) electrons. The van der Waals surface area contributed by atoms with E-state index in [-0.39, 0.29) is 5.91 Å². The van der Waals surface area contributed by atoms with Gasteiger partial charge in [0.15, 0.2) is 0 Å². The Hall–Kier alpha value is -0.790. The van der Waals surface area contributed by atoms with Crippen molar-refractivity contribution in [1.29, 1.82) is 0 Å². The topological polar surface area (TPSA) is 29.1 Å². The van der Waals surface area contributed by atoms with Gasteiger partial charge in [-0.05, 0) is 26.7 Å². The van der Waals surface area contributed by atoms with E-state index < -0.39 is 0 Å². The molecule has 0 aromatic rings. The second-order valence-electron chi connectivity index (χ2n) is 3.32. The molecule has 62 valence electrons. The molecule has 0 aromatic carbocycles. The summed E-state index contributed by atoms with van der Waals surface area (Å²) >= 11 is 0. The molecule has 0 aliphatic carbocycles. The second kappa shape index (κ2) is 3.56. The number of hydrogen-bond donors (Lipinski definition) is 1. The monoisotopic (exact) mass is 153 g/mol. The van der Waals surface area contributed by atoms with Crippen molar-refractivity contribution in [3.63, 3.8) is 0 Å². The number of nitrogens with one attached hydrogen (secondary N) is 1. The largest absolute Gasteiger partial charge is 0.353 e. The molecule has 0 spiro atoms. The number of hydrogen-bond acceptors (Lipinski definition) is 1. The maximum absolute atomic E-state index is 10.8. The zero-order valence-corrected chi connectivity index (χ0v) is 7.18. The first kappa shape index (κ1) is 8.31. The van der Waals surface area contributed by atoms with Gasteiger partial charge < -0.3 is 5.32 Å². The fourth-order valence-electron chi connectivity index (χ4n) is 1.23. The van der Waals surface area contributed by atoms with Crippen molar-refractivity contribution >= 4 is 5.91 Å². The minimum absolute atomic E-state index is 0.206. The molecule has 2 nitrogen and oxygen atoms in total. The van der Waals surface area contributed by atoms with Crippen LogP contribution in [-0.2, 0) is 4.79 Å². The lowest BCUT2D eigenvalue weighted by atomic mass is 10.1. The SMILES string of the molecule is CC(C)=CC[C@H]1CCC(=O)N1. The number of allylic oxidation sites excluding steroid dienone is 1. The Morgan fingerprint density at radius 2 is 2.45 bits per heavy atom. The standard InChI is InChI=1S/C9H15NO/c1-7(2)3-4-8-5-6-9(11)10-8/h3,8H,4-6H2,1-2H3,(H,10,11)/t8-/m0/s1. The van der Waals surface area contributed by atoms with Gasteiger partial charge in [0.05, 0.1) is 0 Å². The van der Waals surface area contributed by atoms with Gasteiger partial charge in [0.2, 0.25) is 5.91 Å². The number of rotatable bonds is 2. The van der Waals surface area contributed by atoms with Crippen LogP contribution in [0.4, 0.5) is 0 Å². The van der Waals surface area contributed by atoms with Crippen molar-refractivity contribution < 1.29 is 4.79 Å². The predicted molar refractivity (Wildman–Crippen MR) is 45.2 cm³/mol. The Morgan fingerprint density at radius 1 is 1.73 bits per heavy atom. The molecule has 0 aromatic heterocycles. The molecular weight excluding hydrogens is 138 g/mol. The third-order valence-corrected chi connectivity index (χ3v) is 1.90. The highest BCUT2D eigenvalue weighted by molar-refractivity contribution is 5.78. The van der Waals surface area contributed by atoms with Gasteiger partial charge in [-0.25, -0.2) is 0 Å². The predicted octanol–water partition coefficient (Wildman–Crippen LogP) is 1.62.